The number of carbonyl (C=O) groups excluding carboxylic acids is 3. The van der Waals surface area contributed by atoms with Gasteiger partial charge in [-0.05, 0) is 88.5 Å². The summed E-state index contributed by atoms with van der Waals surface area (Å²) in [5, 5.41) is 12.4. The first kappa shape index (κ1) is 34.4. The van der Waals surface area contributed by atoms with Crippen LogP contribution in [0.2, 0.25) is 0 Å². The van der Waals surface area contributed by atoms with Gasteiger partial charge in [-0.15, -0.1) is 0 Å². The van der Waals surface area contributed by atoms with Crippen molar-refractivity contribution in [3.05, 3.63) is 56.5 Å². The molecule has 230 valence electrons. The van der Waals surface area contributed by atoms with Crippen molar-refractivity contribution in [2.24, 2.45) is 0 Å². The lowest BCUT2D eigenvalue weighted by atomic mass is 9.84. The summed E-state index contributed by atoms with van der Waals surface area (Å²) in [6.07, 6.45) is 8.17. The summed E-state index contributed by atoms with van der Waals surface area (Å²) < 4.78 is 18.4. The molecular formula is C32H41Br2NO7. The van der Waals surface area contributed by atoms with Crippen molar-refractivity contribution in [1.82, 2.24) is 5.32 Å². The van der Waals surface area contributed by atoms with Crippen molar-refractivity contribution in [2.75, 3.05) is 39.5 Å². The van der Waals surface area contributed by atoms with Gasteiger partial charge >= 0.3 is 0 Å². The molecule has 8 nitrogen and oxygen atoms in total. The van der Waals surface area contributed by atoms with Gasteiger partial charge in [0.1, 0.15) is 22.9 Å². The molecule has 0 radical (unpaired) electrons. The van der Waals surface area contributed by atoms with Gasteiger partial charge in [-0.3, -0.25) is 14.4 Å². The van der Waals surface area contributed by atoms with Gasteiger partial charge in [0.2, 0.25) is 0 Å². The van der Waals surface area contributed by atoms with Crippen molar-refractivity contribution in [3.63, 3.8) is 0 Å². The van der Waals surface area contributed by atoms with Gasteiger partial charge in [0, 0.05) is 41.4 Å². The van der Waals surface area contributed by atoms with Crippen LogP contribution in [0, 0.1) is 0 Å². The molecule has 0 aromatic heterocycles. The van der Waals surface area contributed by atoms with E-state index < -0.39 is 0 Å². The van der Waals surface area contributed by atoms with Crippen molar-refractivity contribution in [3.8, 4) is 11.5 Å². The van der Waals surface area contributed by atoms with Gasteiger partial charge in [0.25, 0.3) is 0 Å². The van der Waals surface area contributed by atoms with Gasteiger partial charge in [-0.2, -0.15) is 0 Å². The van der Waals surface area contributed by atoms with Gasteiger partial charge in [0.15, 0.2) is 11.6 Å². The molecular weight excluding hydrogens is 670 g/mol. The van der Waals surface area contributed by atoms with Gasteiger partial charge in [-0.1, -0.05) is 31.9 Å². The monoisotopic (exact) mass is 709 g/mol. The third kappa shape index (κ3) is 11.5. The highest BCUT2D eigenvalue weighted by atomic mass is 79.9. The van der Waals surface area contributed by atoms with Crippen LogP contribution in [0.5, 0.6) is 11.5 Å². The molecule has 2 N–H and O–H groups in total. The zero-order chi connectivity index (χ0) is 30.4. The van der Waals surface area contributed by atoms with E-state index in [0.717, 1.165) is 60.0 Å². The van der Waals surface area contributed by atoms with Crippen molar-refractivity contribution in [2.45, 2.75) is 70.3 Å². The van der Waals surface area contributed by atoms with Crippen LogP contribution in [-0.2, 0) is 14.3 Å². The van der Waals surface area contributed by atoms with Crippen LogP contribution in [0.3, 0.4) is 0 Å². The molecule has 0 bridgehead atoms. The predicted molar refractivity (Wildman–Crippen MR) is 169 cm³/mol. The summed E-state index contributed by atoms with van der Waals surface area (Å²) in [5.74, 6) is 1.14. The maximum absolute atomic E-state index is 12.3. The van der Waals surface area contributed by atoms with Gasteiger partial charge < -0.3 is 24.6 Å². The molecule has 10 heteroatoms. The van der Waals surface area contributed by atoms with E-state index in [4.69, 9.17) is 19.3 Å². The van der Waals surface area contributed by atoms with Crippen molar-refractivity contribution < 1.29 is 33.7 Å². The van der Waals surface area contributed by atoms with E-state index in [2.05, 4.69) is 37.2 Å². The lowest BCUT2D eigenvalue weighted by molar-refractivity contribution is -0.119. The second-order valence-corrected chi connectivity index (χ2v) is 12.5. The van der Waals surface area contributed by atoms with E-state index in [0.29, 0.717) is 43.0 Å². The second-order valence-electron chi connectivity index (χ2n) is 10.7. The lowest BCUT2D eigenvalue weighted by Crippen LogP contribution is -2.42. The minimum atomic E-state index is -0.339. The van der Waals surface area contributed by atoms with Crippen LogP contribution >= 0.6 is 31.9 Å². The van der Waals surface area contributed by atoms with E-state index in [1.807, 2.05) is 18.2 Å². The standard InChI is InChI=1S/C14H15BrO3.C8H7BrO2.C6H10O2.C4H9N/c15-10-2-3-13-11(8-10)12(16)9-14(18-13)4-1-6-17-7-5-14;1-5(10)7-4-6(9)2-3-8(7)11;7-6-2-1-4-8-5-3-6;1-2-4-5-3-1/h2-3,8H,1,4-7,9H2;2-4,11H,1H3;1-5H2;5H,1-4H2. The molecule has 1 spiro atoms. The SMILES string of the molecule is C1CCNC1.CC(=O)c1cc(Br)ccc1O.O=C1CC2(CCCOCC2)Oc2ccc(Br)cc21.O=C1CCCOCC1. The first-order valence-electron chi connectivity index (χ1n) is 14.6. The Morgan fingerprint density at radius 3 is 2.24 bits per heavy atom. The molecule has 4 aliphatic rings. The highest BCUT2D eigenvalue weighted by Crippen LogP contribution is 2.39. The molecule has 4 aliphatic heterocycles. The van der Waals surface area contributed by atoms with E-state index >= 15 is 0 Å². The number of phenolic OH excluding ortho intramolecular Hbond substituents is 1. The molecule has 6 rings (SSSR count). The Kier molecular flexibility index (Phi) is 14.6. The fourth-order valence-corrected chi connectivity index (χ4v) is 5.65. The Bertz CT molecular complexity index is 1170. The summed E-state index contributed by atoms with van der Waals surface area (Å²) in [4.78, 5) is 33.7. The van der Waals surface area contributed by atoms with Gasteiger partial charge in [0.05, 0.1) is 30.8 Å². The minimum Gasteiger partial charge on any atom is -0.507 e. The van der Waals surface area contributed by atoms with Crippen LogP contribution in [0.4, 0.5) is 0 Å². The number of ketones is 3. The number of aromatic hydroxyl groups is 1. The number of rotatable bonds is 1. The van der Waals surface area contributed by atoms with Crippen LogP contribution < -0.4 is 10.1 Å². The smallest absolute Gasteiger partial charge is 0.170 e. The largest absolute Gasteiger partial charge is 0.507 e. The summed E-state index contributed by atoms with van der Waals surface area (Å²) in [6.45, 7) is 6.78. The maximum atomic E-state index is 12.3. The Morgan fingerprint density at radius 1 is 0.857 bits per heavy atom. The molecule has 3 saturated heterocycles. The summed E-state index contributed by atoms with van der Waals surface area (Å²) in [6, 6.07) is 10.4. The zero-order valence-corrected chi connectivity index (χ0v) is 27.4. The first-order chi connectivity index (χ1) is 20.2. The summed E-state index contributed by atoms with van der Waals surface area (Å²) in [7, 11) is 0. The highest BCUT2D eigenvalue weighted by Gasteiger charge is 2.40. The van der Waals surface area contributed by atoms with Crippen LogP contribution in [0.1, 0.15) is 85.4 Å². The fourth-order valence-electron chi connectivity index (χ4n) is 4.93. The average Bonchev–Trinajstić information content (AvgIpc) is 3.37. The lowest BCUT2D eigenvalue weighted by Gasteiger charge is -2.37. The molecule has 0 amide bonds. The highest BCUT2D eigenvalue weighted by molar-refractivity contribution is 9.10. The van der Waals surface area contributed by atoms with Crippen LogP contribution in [0.25, 0.3) is 0 Å². The topological polar surface area (TPSA) is 111 Å². The normalized spacial score (nSPS) is 21.5. The van der Waals surface area contributed by atoms with E-state index in [9.17, 15) is 14.4 Å². The summed E-state index contributed by atoms with van der Waals surface area (Å²) >= 11 is 6.59. The van der Waals surface area contributed by atoms with Gasteiger partial charge in [-0.25, -0.2) is 0 Å². The molecule has 4 heterocycles. The van der Waals surface area contributed by atoms with E-state index in [-0.39, 0.29) is 22.9 Å². The number of hydrogen-bond donors (Lipinski definition) is 2. The number of halogens is 2. The molecule has 1 unspecified atom stereocenters. The number of hydrogen-bond acceptors (Lipinski definition) is 8. The maximum Gasteiger partial charge on any atom is 0.170 e. The molecule has 42 heavy (non-hydrogen) atoms. The minimum absolute atomic E-state index is 0.0284. The third-order valence-corrected chi connectivity index (χ3v) is 8.23. The second kappa shape index (κ2) is 17.9. The quantitative estimate of drug-likeness (QED) is 0.310. The Morgan fingerprint density at radius 2 is 1.55 bits per heavy atom. The molecule has 1 atom stereocenters. The number of benzene rings is 2. The molecule has 0 aliphatic carbocycles. The van der Waals surface area contributed by atoms with E-state index in [1.165, 1.54) is 38.9 Å². The number of nitrogens with one attached hydrogen (secondary N) is 1. The molecule has 3 fully saturated rings. The first-order valence-corrected chi connectivity index (χ1v) is 16.2. The van der Waals surface area contributed by atoms with Crippen LogP contribution in [0.15, 0.2) is 45.3 Å². The number of phenols is 1. The number of Topliss-reactive ketones (excluding diaryl/α,β-unsaturated/α-hetero) is 3. The van der Waals surface area contributed by atoms with Crippen molar-refractivity contribution >= 4 is 49.2 Å². The Hall–Kier alpha value is -2.11. The zero-order valence-electron chi connectivity index (χ0n) is 24.2. The summed E-state index contributed by atoms with van der Waals surface area (Å²) in [5.41, 5.74) is 0.702. The average molecular weight is 711 g/mol. The Labute approximate surface area is 265 Å². The molecule has 2 aromatic rings. The number of ether oxygens (including phenoxy) is 3. The third-order valence-electron chi connectivity index (χ3n) is 7.24. The number of fused-ring (bicyclic) bond motifs is 1. The fraction of sp³-hybridized carbons (Fsp3) is 0.531. The molecule has 2 aromatic carbocycles. The van der Waals surface area contributed by atoms with E-state index in [1.54, 1.807) is 12.1 Å². The van der Waals surface area contributed by atoms with Crippen LogP contribution in [-0.4, -0.2) is 67.6 Å². The number of carbonyl (C=O) groups is 3. The Balaban J connectivity index is 0.000000171. The van der Waals surface area contributed by atoms with Crippen molar-refractivity contribution in [1.29, 1.82) is 0 Å². The predicted octanol–water partition coefficient (Wildman–Crippen LogP) is 6.84. The molecule has 0 saturated carbocycles.